The molecule has 1 aromatic carbocycles. The van der Waals surface area contributed by atoms with Crippen LogP contribution < -0.4 is 10.1 Å². The minimum atomic E-state index is -0.742. The van der Waals surface area contributed by atoms with Crippen molar-refractivity contribution in [2.24, 2.45) is 5.92 Å². The zero-order valence-corrected chi connectivity index (χ0v) is 16.7. The van der Waals surface area contributed by atoms with E-state index in [9.17, 15) is 4.79 Å². The molecular formula is C20H30ClNO4. The van der Waals surface area contributed by atoms with Crippen LogP contribution in [-0.2, 0) is 14.3 Å². The third-order valence-electron chi connectivity index (χ3n) is 4.69. The molecule has 1 saturated carbocycles. The molecule has 5 nitrogen and oxygen atoms in total. The van der Waals surface area contributed by atoms with E-state index in [4.69, 9.17) is 25.8 Å². The summed E-state index contributed by atoms with van der Waals surface area (Å²) in [4.78, 5) is 13.0. The molecule has 26 heavy (non-hydrogen) atoms. The van der Waals surface area contributed by atoms with Crippen LogP contribution in [0.1, 0.15) is 46.0 Å². The number of hydrogen-bond donors (Lipinski definition) is 1. The van der Waals surface area contributed by atoms with Crippen LogP contribution in [0, 0.1) is 5.92 Å². The molecule has 6 heteroatoms. The predicted octanol–water partition coefficient (Wildman–Crippen LogP) is 4.68. The lowest BCUT2D eigenvalue weighted by molar-refractivity contribution is -0.148. The van der Waals surface area contributed by atoms with Crippen molar-refractivity contribution < 1.29 is 19.0 Å². The maximum Gasteiger partial charge on any atom is 0.256 e. The Hall–Kier alpha value is -1.30. The maximum atomic E-state index is 13.0. The summed E-state index contributed by atoms with van der Waals surface area (Å²) in [6.45, 7) is 5.74. The van der Waals surface area contributed by atoms with Crippen LogP contribution in [-0.4, -0.2) is 38.4 Å². The Morgan fingerprint density at radius 2 is 2.15 bits per heavy atom. The summed E-state index contributed by atoms with van der Waals surface area (Å²) in [5.41, 5.74) is -0.0925. The van der Waals surface area contributed by atoms with Crippen LogP contribution in [0.2, 0.25) is 5.02 Å². The molecule has 1 N–H and O–H groups in total. The van der Waals surface area contributed by atoms with Gasteiger partial charge in [0.25, 0.3) is 5.91 Å². The molecule has 0 spiro atoms. The molecule has 2 unspecified atom stereocenters. The molecule has 2 rings (SSSR count). The fourth-order valence-electron chi connectivity index (χ4n) is 3.38. The van der Waals surface area contributed by atoms with Gasteiger partial charge in [0.2, 0.25) is 0 Å². The van der Waals surface area contributed by atoms with Gasteiger partial charge in [0, 0.05) is 19.4 Å². The van der Waals surface area contributed by atoms with Gasteiger partial charge in [-0.05, 0) is 49.8 Å². The predicted molar refractivity (Wildman–Crippen MR) is 104 cm³/mol. The van der Waals surface area contributed by atoms with Crippen molar-refractivity contribution >= 4 is 23.2 Å². The average molecular weight is 384 g/mol. The number of anilines is 1. The molecule has 0 heterocycles. The fraction of sp³-hybridized carbons (Fsp3) is 0.650. The van der Waals surface area contributed by atoms with E-state index in [-0.39, 0.29) is 5.91 Å². The van der Waals surface area contributed by atoms with Crippen molar-refractivity contribution in [2.75, 3.05) is 32.2 Å². The largest absolute Gasteiger partial charge is 0.490 e. The van der Waals surface area contributed by atoms with E-state index >= 15 is 0 Å². The van der Waals surface area contributed by atoms with E-state index < -0.39 is 5.60 Å². The second-order valence-electron chi connectivity index (χ2n) is 6.98. The molecule has 1 aliphatic carbocycles. The topological polar surface area (TPSA) is 56.8 Å². The summed E-state index contributed by atoms with van der Waals surface area (Å²) < 4.78 is 16.6. The molecule has 146 valence electrons. The quantitative estimate of drug-likeness (QED) is 0.629. The molecule has 0 bridgehead atoms. The smallest absolute Gasteiger partial charge is 0.256 e. The van der Waals surface area contributed by atoms with Gasteiger partial charge in [-0.25, -0.2) is 0 Å². The van der Waals surface area contributed by atoms with Crippen molar-refractivity contribution in [1.82, 2.24) is 0 Å². The van der Waals surface area contributed by atoms with Crippen molar-refractivity contribution in [3.8, 4) is 5.75 Å². The lowest BCUT2D eigenvalue weighted by atomic mass is 9.78. The normalized spacial score (nSPS) is 22.8. The number of rotatable bonds is 9. The second kappa shape index (κ2) is 10.1. The molecule has 0 saturated heterocycles. The van der Waals surface area contributed by atoms with Gasteiger partial charge >= 0.3 is 0 Å². The highest BCUT2D eigenvalue weighted by Gasteiger charge is 2.42. The van der Waals surface area contributed by atoms with Crippen LogP contribution in [0.5, 0.6) is 5.75 Å². The first-order valence-electron chi connectivity index (χ1n) is 9.37. The van der Waals surface area contributed by atoms with Gasteiger partial charge in [-0.15, -0.1) is 0 Å². The molecule has 1 aliphatic rings. The third-order valence-corrected chi connectivity index (χ3v) is 4.98. The number of carbonyl (C=O) groups is 1. The number of ether oxygens (including phenoxy) is 3. The zero-order valence-electron chi connectivity index (χ0n) is 16.0. The van der Waals surface area contributed by atoms with Gasteiger partial charge in [0.15, 0.2) is 0 Å². The standard InChI is InChI=1S/C20H30ClNO4/c1-4-10-26-20(9-5-6-15(2)14-20)19(23)22-16-7-8-18(17(21)13-16)25-12-11-24-3/h7-8,13,15H,4-6,9-12,14H2,1-3H3,(H,22,23). The van der Waals surface area contributed by atoms with E-state index in [1.165, 1.54) is 0 Å². The van der Waals surface area contributed by atoms with Crippen LogP contribution in [0.3, 0.4) is 0 Å². The van der Waals surface area contributed by atoms with E-state index in [1.807, 2.05) is 0 Å². The molecule has 1 amide bonds. The molecule has 1 aromatic rings. The summed E-state index contributed by atoms with van der Waals surface area (Å²) >= 11 is 6.27. The van der Waals surface area contributed by atoms with Gasteiger partial charge < -0.3 is 19.5 Å². The molecule has 1 fully saturated rings. The van der Waals surface area contributed by atoms with Gasteiger partial charge in [-0.3, -0.25) is 4.79 Å². The van der Waals surface area contributed by atoms with E-state index in [0.29, 0.717) is 42.2 Å². The molecule has 2 atom stereocenters. The van der Waals surface area contributed by atoms with E-state index in [1.54, 1.807) is 25.3 Å². The monoisotopic (exact) mass is 383 g/mol. The lowest BCUT2D eigenvalue weighted by Gasteiger charge is -2.38. The minimum Gasteiger partial charge on any atom is -0.490 e. The highest BCUT2D eigenvalue weighted by atomic mass is 35.5. The Morgan fingerprint density at radius 1 is 1.35 bits per heavy atom. The summed E-state index contributed by atoms with van der Waals surface area (Å²) in [5, 5.41) is 3.45. The average Bonchev–Trinajstić information content (AvgIpc) is 2.62. The third kappa shape index (κ3) is 5.60. The number of carbonyl (C=O) groups excluding carboxylic acids is 1. The number of benzene rings is 1. The first-order valence-corrected chi connectivity index (χ1v) is 9.75. The summed E-state index contributed by atoms with van der Waals surface area (Å²) in [6, 6.07) is 5.27. The maximum absolute atomic E-state index is 13.0. The van der Waals surface area contributed by atoms with Crippen molar-refractivity contribution in [2.45, 2.75) is 51.6 Å². The molecule has 0 radical (unpaired) electrons. The van der Waals surface area contributed by atoms with Crippen LogP contribution in [0.15, 0.2) is 18.2 Å². The number of amides is 1. The first-order chi connectivity index (χ1) is 12.5. The summed E-state index contributed by atoms with van der Waals surface area (Å²) in [7, 11) is 1.62. The van der Waals surface area contributed by atoms with Gasteiger partial charge in [-0.2, -0.15) is 0 Å². The van der Waals surface area contributed by atoms with Gasteiger partial charge in [0.1, 0.15) is 18.0 Å². The first kappa shape index (κ1) is 21.0. The lowest BCUT2D eigenvalue weighted by Crippen LogP contribution is -2.48. The summed E-state index contributed by atoms with van der Waals surface area (Å²) in [6.07, 6.45) is 4.55. The van der Waals surface area contributed by atoms with Crippen molar-refractivity contribution in [3.63, 3.8) is 0 Å². The van der Waals surface area contributed by atoms with Gasteiger partial charge in [-0.1, -0.05) is 31.9 Å². The van der Waals surface area contributed by atoms with E-state index in [2.05, 4.69) is 19.2 Å². The Bertz CT molecular complexity index is 595. The number of methoxy groups -OCH3 is 1. The fourth-order valence-corrected chi connectivity index (χ4v) is 3.61. The highest BCUT2D eigenvalue weighted by molar-refractivity contribution is 6.32. The molecule has 0 aliphatic heterocycles. The minimum absolute atomic E-state index is 0.0818. The zero-order chi connectivity index (χ0) is 19.0. The Kier molecular flexibility index (Phi) is 8.19. The molecular weight excluding hydrogens is 354 g/mol. The van der Waals surface area contributed by atoms with E-state index in [0.717, 1.165) is 32.1 Å². The Labute approximate surface area is 161 Å². The molecule has 0 aromatic heterocycles. The number of hydrogen-bond acceptors (Lipinski definition) is 4. The number of nitrogens with one attached hydrogen (secondary N) is 1. The number of halogens is 1. The van der Waals surface area contributed by atoms with Crippen LogP contribution in [0.4, 0.5) is 5.69 Å². The van der Waals surface area contributed by atoms with Crippen LogP contribution >= 0.6 is 11.6 Å². The summed E-state index contributed by atoms with van der Waals surface area (Å²) in [5.74, 6) is 0.970. The highest BCUT2D eigenvalue weighted by Crippen LogP contribution is 2.37. The van der Waals surface area contributed by atoms with Crippen LogP contribution in [0.25, 0.3) is 0 Å². The van der Waals surface area contributed by atoms with Crippen molar-refractivity contribution in [3.05, 3.63) is 23.2 Å². The van der Waals surface area contributed by atoms with Gasteiger partial charge in [0.05, 0.1) is 11.6 Å². The van der Waals surface area contributed by atoms with Crippen molar-refractivity contribution in [1.29, 1.82) is 0 Å². The SMILES string of the molecule is CCCOC1(C(=O)Nc2ccc(OCCOC)c(Cl)c2)CCCC(C)C1. The Balaban J connectivity index is 2.07. The Morgan fingerprint density at radius 3 is 2.81 bits per heavy atom. The second-order valence-corrected chi connectivity index (χ2v) is 7.39.